The second-order valence-corrected chi connectivity index (χ2v) is 21.5. The van der Waals surface area contributed by atoms with Crippen LogP contribution in [0, 0.1) is 0 Å². The number of hydrogen-bond donors (Lipinski definition) is 14. The zero-order chi connectivity index (χ0) is 56.8. The molecule has 6 unspecified atom stereocenters. The number of rotatable bonds is 42. The first-order valence-electron chi connectivity index (χ1n) is 29.1. The number of carbonyl (C=O) groups excluding carboxylic acids is 1. The molecule has 0 spiro atoms. The lowest BCUT2D eigenvalue weighted by molar-refractivity contribution is -0.390. The zero-order valence-electron chi connectivity index (χ0n) is 46.0. The smallest absolute Gasteiger partial charge is 0.364 e. The molecule has 18 atom stereocenters. The van der Waals surface area contributed by atoms with E-state index in [4.69, 9.17) is 28.4 Å². The van der Waals surface area contributed by atoms with Crippen molar-refractivity contribution in [1.82, 2.24) is 5.32 Å². The average Bonchev–Trinajstić information content (AvgIpc) is 3.44. The highest BCUT2D eigenvalue weighted by Crippen LogP contribution is 2.38. The number of allylic oxidation sites excluding steroid dienone is 1. The summed E-state index contributed by atoms with van der Waals surface area (Å²) < 4.78 is 34.2. The quantitative estimate of drug-likeness (QED) is 0.0308. The highest BCUT2D eigenvalue weighted by Gasteiger charge is 2.60. The fraction of sp³-hybridized carbons (Fsp3) is 0.927. The number of unbranched alkanes of at least 4 members (excludes halogenated alkanes) is 23. The Morgan fingerprint density at radius 1 is 0.623 bits per heavy atom. The van der Waals surface area contributed by atoms with Crippen LogP contribution >= 0.6 is 0 Å². The van der Waals surface area contributed by atoms with Gasteiger partial charge < -0.3 is 100 Å². The molecule has 3 fully saturated rings. The number of aliphatic carboxylic acids is 1. The number of aliphatic hydroxyl groups excluding tert-OH is 12. The van der Waals surface area contributed by atoms with Crippen molar-refractivity contribution in [3.8, 4) is 0 Å². The van der Waals surface area contributed by atoms with Crippen LogP contribution in [0.1, 0.15) is 187 Å². The normalized spacial score (nSPS) is 31.5. The predicted octanol–water partition coefficient (Wildman–Crippen LogP) is 2.24. The number of carboxylic acid groups (broad SMARTS) is 1. The first kappa shape index (κ1) is 69.2. The van der Waals surface area contributed by atoms with Gasteiger partial charge in [0, 0.05) is 12.8 Å². The van der Waals surface area contributed by atoms with Crippen molar-refractivity contribution in [2.75, 3.05) is 26.4 Å². The molecule has 0 bridgehead atoms. The number of hydrogen-bond acceptors (Lipinski definition) is 20. The summed E-state index contributed by atoms with van der Waals surface area (Å²) in [6.07, 6.45) is 0.709. The summed E-state index contributed by atoms with van der Waals surface area (Å²) in [5, 5.41) is 142. The predicted molar refractivity (Wildman–Crippen MR) is 281 cm³/mol. The SMILES string of the molecule is CCCCCCCCCCCCC/C=C/[C@@H](O)[C@H](CO[C@@H]1OC(CO)[C@@H](O[C@@H]2OC(CO)[C@H](O)[C@H](O[C@]3(C(=O)O)CC(O)[C@@H](O)C([C@H](O)[C@H](O)CO)O3)C2O)[C@H](O)C1O)NC(=O)CCCCCCCCCCCCCCC. The van der Waals surface area contributed by atoms with Crippen LogP contribution in [0.4, 0.5) is 0 Å². The summed E-state index contributed by atoms with van der Waals surface area (Å²) in [6, 6.07) is -1.03. The maximum Gasteiger partial charge on any atom is 0.364 e. The van der Waals surface area contributed by atoms with Crippen LogP contribution < -0.4 is 5.32 Å². The Morgan fingerprint density at radius 3 is 1.64 bits per heavy atom. The first-order chi connectivity index (χ1) is 37.0. The Hall–Kier alpha value is -2.04. The molecule has 0 aromatic carbocycles. The largest absolute Gasteiger partial charge is 0.477 e. The zero-order valence-corrected chi connectivity index (χ0v) is 46.0. The van der Waals surface area contributed by atoms with Gasteiger partial charge in [-0.1, -0.05) is 167 Å². The van der Waals surface area contributed by atoms with E-state index in [9.17, 15) is 76.0 Å². The molecule has 452 valence electrons. The summed E-state index contributed by atoms with van der Waals surface area (Å²) >= 11 is 0. The monoisotopic (exact) mass is 1110 g/mol. The third kappa shape index (κ3) is 23.4. The number of amides is 1. The molecular weight excluding hydrogens is 1010 g/mol. The number of ether oxygens (including phenoxy) is 6. The van der Waals surface area contributed by atoms with Crippen LogP contribution in [-0.2, 0) is 38.0 Å². The molecule has 0 saturated carbocycles. The second kappa shape index (κ2) is 38.6. The van der Waals surface area contributed by atoms with Crippen LogP contribution in [-0.4, -0.2) is 215 Å². The molecule has 77 heavy (non-hydrogen) atoms. The molecule has 0 aromatic rings. The Labute approximate surface area is 456 Å². The molecule has 0 aromatic heterocycles. The molecule has 0 aliphatic carbocycles. The maximum absolute atomic E-state index is 13.3. The van der Waals surface area contributed by atoms with Crippen molar-refractivity contribution in [3.05, 3.63) is 12.2 Å². The van der Waals surface area contributed by atoms with E-state index in [0.717, 1.165) is 44.9 Å². The third-order valence-corrected chi connectivity index (χ3v) is 15.1. The van der Waals surface area contributed by atoms with E-state index in [2.05, 4.69) is 19.2 Å². The van der Waals surface area contributed by atoms with Crippen molar-refractivity contribution in [2.24, 2.45) is 0 Å². The molecule has 14 N–H and O–H groups in total. The molecule has 3 saturated heterocycles. The number of aliphatic hydroxyl groups is 12. The van der Waals surface area contributed by atoms with Gasteiger partial charge in [0.2, 0.25) is 5.91 Å². The molecule has 3 aliphatic rings. The van der Waals surface area contributed by atoms with Gasteiger partial charge in [-0.05, 0) is 19.3 Å². The van der Waals surface area contributed by atoms with E-state index >= 15 is 0 Å². The molecule has 3 aliphatic heterocycles. The van der Waals surface area contributed by atoms with E-state index in [-0.39, 0.29) is 12.3 Å². The Morgan fingerprint density at radius 2 is 1.13 bits per heavy atom. The summed E-state index contributed by atoms with van der Waals surface area (Å²) in [7, 11) is 0. The van der Waals surface area contributed by atoms with Crippen molar-refractivity contribution in [2.45, 2.75) is 297 Å². The molecule has 3 rings (SSSR count). The average molecular weight is 1110 g/mol. The summed E-state index contributed by atoms with van der Waals surface area (Å²) in [4.78, 5) is 26.1. The number of carbonyl (C=O) groups is 2. The molecule has 1 amide bonds. The van der Waals surface area contributed by atoms with E-state index in [1.165, 1.54) is 103 Å². The Kier molecular flexibility index (Phi) is 34.7. The Balaban J connectivity index is 1.65. The lowest BCUT2D eigenvalue weighted by Crippen LogP contribution is -2.69. The lowest BCUT2D eigenvalue weighted by Gasteiger charge is -2.50. The number of nitrogens with one attached hydrogen (secondary N) is 1. The van der Waals surface area contributed by atoms with Crippen LogP contribution in [0.25, 0.3) is 0 Å². The van der Waals surface area contributed by atoms with Gasteiger partial charge in [-0.15, -0.1) is 0 Å². The van der Waals surface area contributed by atoms with Crippen molar-refractivity contribution in [1.29, 1.82) is 0 Å². The lowest BCUT2D eigenvalue weighted by atomic mass is 9.90. The second-order valence-electron chi connectivity index (χ2n) is 21.5. The summed E-state index contributed by atoms with van der Waals surface area (Å²) in [6.45, 7) is 1.06. The summed E-state index contributed by atoms with van der Waals surface area (Å²) in [5.74, 6) is -5.38. The fourth-order valence-corrected chi connectivity index (χ4v) is 10.2. The van der Waals surface area contributed by atoms with Crippen LogP contribution in [0.2, 0.25) is 0 Å². The standard InChI is InChI=1S/C55H101NO21/c1-3-5-7-9-11-13-15-17-19-21-23-25-27-29-37(60)36(56-42(63)30-28-26-24-22-20-18-16-14-12-10-8-6-4-2)35-72-52-47(68)46(67)49(41(34-59)74-52)75-53-48(69)51(45(66)40(33-58)73-53)77-55(54(70)71)31-38(61)43(64)50(76-55)44(65)39(62)32-57/h27,29,36-41,43-53,57-62,64-69H,3-26,28,30-35H2,1-2H3,(H,56,63)(H,70,71)/b29-27+/t36-,37+,38?,39+,40?,41?,43+,44+,45-,46+,47?,48?,49+,50?,51-,52+,53-,55-/m0/s1. The van der Waals surface area contributed by atoms with Gasteiger partial charge in [0.25, 0.3) is 5.79 Å². The van der Waals surface area contributed by atoms with Crippen molar-refractivity contribution in [3.63, 3.8) is 0 Å². The molecule has 22 heteroatoms. The van der Waals surface area contributed by atoms with Crippen LogP contribution in [0.3, 0.4) is 0 Å². The van der Waals surface area contributed by atoms with Crippen molar-refractivity contribution >= 4 is 11.9 Å². The summed E-state index contributed by atoms with van der Waals surface area (Å²) in [5.41, 5.74) is 0. The van der Waals surface area contributed by atoms with Gasteiger partial charge in [-0.3, -0.25) is 4.79 Å². The van der Waals surface area contributed by atoms with Crippen molar-refractivity contribution < 1.29 is 104 Å². The third-order valence-electron chi connectivity index (χ3n) is 15.1. The molecule has 22 nitrogen and oxygen atoms in total. The number of carboxylic acids is 1. The minimum Gasteiger partial charge on any atom is -0.477 e. The highest BCUT2D eigenvalue weighted by molar-refractivity contribution is 5.76. The van der Waals surface area contributed by atoms with Gasteiger partial charge in [-0.25, -0.2) is 4.79 Å². The van der Waals surface area contributed by atoms with Gasteiger partial charge in [0.1, 0.15) is 73.2 Å². The van der Waals surface area contributed by atoms with Gasteiger partial charge >= 0.3 is 5.97 Å². The minimum atomic E-state index is -3.07. The maximum atomic E-state index is 13.3. The molecular formula is C55H101NO21. The topological polar surface area (TPSA) is 365 Å². The van der Waals surface area contributed by atoms with Crippen LogP contribution in [0.5, 0.6) is 0 Å². The highest BCUT2D eigenvalue weighted by atomic mass is 16.8. The van der Waals surface area contributed by atoms with Gasteiger partial charge in [0.15, 0.2) is 12.6 Å². The molecule has 0 radical (unpaired) electrons. The van der Waals surface area contributed by atoms with E-state index in [1.54, 1.807) is 6.08 Å². The van der Waals surface area contributed by atoms with E-state index < -0.39 is 149 Å². The van der Waals surface area contributed by atoms with Gasteiger partial charge in [-0.2, -0.15) is 0 Å². The van der Waals surface area contributed by atoms with E-state index in [0.29, 0.717) is 12.8 Å². The minimum absolute atomic E-state index is 0.208. The van der Waals surface area contributed by atoms with Gasteiger partial charge in [0.05, 0.1) is 44.7 Å². The van der Waals surface area contributed by atoms with E-state index in [1.807, 2.05) is 6.08 Å². The molecule has 3 heterocycles. The van der Waals surface area contributed by atoms with Crippen LogP contribution in [0.15, 0.2) is 12.2 Å². The fourth-order valence-electron chi connectivity index (χ4n) is 10.2. The first-order valence-corrected chi connectivity index (χ1v) is 29.1. The Bertz CT molecular complexity index is 1580.